The molecule has 2 heterocycles. The van der Waals surface area contributed by atoms with Crippen molar-refractivity contribution in [2.75, 3.05) is 0 Å². The van der Waals surface area contributed by atoms with E-state index in [1.54, 1.807) is 12.4 Å². The molecule has 0 saturated carbocycles. The second-order valence-electron chi connectivity index (χ2n) is 4.42. The minimum atomic E-state index is -1.01. The number of carbonyl (C=O) groups is 2. The van der Waals surface area contributed by atoms with Gasteiger partial charge in [0.15, 0.2) is 0 Å². The summed E-state index contributed by atoms with van der Waals surface area (Å²) >= 11 is 0. The van der Waals surface area contributed by atoms with Crippen LogP contribution in [0.25, 0.3) is 0 Å². The monoisotopic (exact) mass is 346 g/mol. The summed E-state index contributed by atoms with van der Waals surface area (Å²) in [6, 6.07) is -1.73. The molecule has 2 atom stereocenters. The quantitative estimate of drug-likeness (QED) is 0.390. The lowest BCUT2D eigenvalue weighted by Gasteiger charge is -2.01. The van der Waals surface area contributed by atoms with Crippen LogP contribution in [0.15, 0.2) is 25.0 Å². The molecule has 10 nitrogen and oxygen atoms in total. The zero-order chi connectivity index (χ0) is 16.5. The van der Waals surface area contributed by atoms with Gasteiger partial charge in [0.1, 0.15) is 12.1 Å². The number of carboxylic acids is 2. The number of H-pyrrole nitrogens is 2. The van der Waals surface area contributed by atoms with Gasteiger partial charge < -0.3 is 31.6 Å². The Morgan fingerprint density at radius 2 is 1.30 bits per heavy atom. The van der Waals surface area contributed by atoms with Gasteiger partial charge >= 0.3 is 11.9 Å². The highest BCUT2D eigenvalue weighted by molar-refractivity contribution is 5.85. The van der Waals surface area contributed by atoms with E-state index >= 15 is 0 Å². The topological polar surface area (TPSA) is 184 Å². The summed E-state index contributed by atoms with van der Waals surface area (Å²) < 4.78 is 0. The van der Waals surface area contributed by atoms with Gasteiger partial charge in [-0.3, -0.25) is 9.59 Å². The van der Waals surface area contributed by atoms with Crippen LogP contribution in [0, 0.1) is 0 Å². The van der Waals surface area contributed by atoms with E-state index in [1.807, 2.05) is 0 Å². The Labute approximate surface area is 137 Å². The summed E-state index contributed by atoms with van der Waals surface area (Å²) in [6.45, 7) is 0. The molecule has 2 aromatic rings. The van der Waals surface area contributed by atoms with E-state index < -0.39 is 24.0 Å². The van der Waals surface area contributed by atoms with E-state index in [4.69, 9.17) is 21.7 Å². The molecule has 0 unspecified atom stereocenters. The summed E-state index contributed by atoms with van der Waals surface area (Å²) in [5, 5.41) is 16.8. The highest BCUT2D eigenvalue weighted by Gasteiger charge is 2.13. The summed E-state index contributed by atoms with van der Waals surface area (Å²) in [5.41, 5.74) is 11.8. The van der Waals surface area contributed by atoms with E-state index in [0.717, 1.165) is 0 Å². The van der Waals surface area contributed by atoms with Gasteiger partial charge in [-0.1, -0.05) is 0 Å². The molecular formula is C12H19ClN6O4. The molecule has 23 heavy (non-hydrogen) atoms. The van der Waals surface area contributed by atoms with Gasteiger partial charge in [0.2, 0.25) is 0 Å². The summed E-state index contributed by atoms with van der Waals surface area (Å²) in [5.74, 6) is -2.01. The standard InChI is InChI=1S/2C6H9N3O2.ClH/c2*7-5(6(10)11)1-4-2-8-3-9-4;/h2*2-3,5H,1,7H2,(H,8,9)(H,10,11);1H/t2*5-;/m00./s1. The van der Waals surface area contributed by atoms with Crippen molar-refractivity contribution < 1.29 is 19.8 Å². The molecule has 0 saturated heterocycles. The normalized spacial score (nSPS) is 12.3. The Balaban J connectivity index is 0.000000403. The van der Waals surface area contributed by atoms with Crippen LogP contribution >= 0.6 is 12.4 Å². The Hall–Kier alpha value is -2.43. The molecule has 0 aromatic carbocycles. The maximum Gasteiger partial charge on any atom is 0.320 e. The van der Waals surface area contributed by atoms with Crippen LogP contribution in [0.2, 0.25) is 0 Å². The molecule has 0 spiro atoms. The number of halogens is 1. The molecule has 0 fully saturated rings. The molecule has 8 N–H and O–H groups in total. The number of carboxylic acid groups (broad SMARTS) is 2. The lowest BCUT2D eigenvalue weighted by atomic mass is 10.2. The predicted octanol–water partition coefficient (Wildman–Crippen LogP) is -0.850. The van der Waals surface area contributed by atoms with Gasteiger partial charge in [0, 0.05) is 25.2 Å². The van der Waals surface area contributed by atoms with Crippen LogP contribution in [0.1, 0.15) is 11.4 Å². The van der Waals surface area contributed by atoms with Gasteiger partial charge in [-0.05, 0) is 0 Å². The van der Waals surface area contributed by atoms with Crippen molar-refractivity contribution in [3.63, 3.8) is 0 Å². The number of aromatic amines is 2. The maximum atomic E-state index is 10.3. The lowest BCUT2D eigenvalue weighted by Crippen LogP contribution is -2.32. The highest BCUT2D eigenvalue weighted by atomic mass is 35.5. The number of aliphatic carboxylic acids is 2. The first kappa shape index (κ1) is 20.6. The molecule has 128 valence electrons. The van der Waals surface area contributed by atoms with Gasteiger partial charge in [0.05, 0.1) is 24.0 Å². The number of rotatable bonds is 6. The lowest BCUT2D eigenvalue weighted by molar-refractivity contribution is -0.139. The van der Waals surface area contributed by atoms with E-state index in [2.05, 4.69) is 19.9 Å². The second kappa shape index (κ2) is 10.3. The van der Waals surface area contributed by atoms with E-state index in [-0.39, 0.29) is 25.2 Å². The van der Waals surface area contributed by atoms with Crippen molar-refractivity contribution in [2.24, 2.45) is 11.5 Å². The number of nitrogens with one attached hydrogen (secondary N) is 2. The van der Waals surface area contributed by atoms with E-state index in [0.29, 0.717) is 11.4 Å². The number of nitrogens with two attached hydrogens (primary N) is 2. The van der Waals surface area contributed by atoms with Gasteiger partial charge in [0.25, 0.3) is 0 Å². The molecule has 2 rings (SSSR count). The fourth-order valence-electron chi connectivity index (χ4n) is 1.43. The number of nitrogens with zero attached hydrogens (tertiary/aromatic N) is 2. The molecule has 0 bridgehead atoms. The predicted molar refractivity (Wildman–Crippen MR) is 83.1 cm³/mol. The minimum absolute atomic E-state index is 0. The van der Waals surface area contributed by atoms with Gasteiger partial charge in [-0.2, -0.15) is 0 Å². The van der Waals surface area contributed by atoms with Crippen molar-refractivity contribution in [1.82, 2.24) is 19.9 Å². The molecule has 0 radical (unpaired) electrons. The first-order valence-corrected chi connectivity index (χ1v) is 6.32. The van der Waals surface area contributed by atoms with Gasteiger partial charge in [-0.15, -0.1) is 12.4 Å². The van der Waals surface area contributed by atoms with Crippen LogP contribution in [0.4, 0.5) is 0 Å². The highest BCUT2D eigenvalue weighted by Crippen LogP contribution is 1.96. The molecule has 11 heteroatoms. The Morgan fingerprint density at radius 1 is 0.957 bits per heavy atom. The smallest absolute Gasteiger partial charge is 0.320 e. The number of hydrogen-bond donors (Lipinski definition) is 6. The molecule has 0 aliphatic rings. The molecular weight excluding hydrogens is 328 g/mol. The molecule has 0 amide bonds. The molecule has 0 aliphatic heterocycles. The second-order valence-corrected chi connectivity index (χ2v) is 4.42. The van der Waals surface area contributed by atoms with Crippen molar-refractivity contribution in [2.45, 2.75) is 24.9 Å². The fourth-order valence-corrected chi connectivity index (χ4v) is 1.43. The zero-order valence-corrected chi connectivity index (χ0v) is 12.9. The SMILES string of the molecule is Cl.N[C@@H](Cc1c[nH]cn1)C(=O)O.N[C@@H](Cc1c[nH]cn1)C(=O)O. The average molecular weight is 347 g/mol. The third-order valence-corrected chi connectivity index (χ3v) is 2.60. The van der Waals surface area contributed by atoms with Crippen LogP contribution in [0.3, 0.4) is 0 Å². The Morgan fingerprint density at radius 3 is 1.52 bits per heavy atom. The van der Waals surface area contributed by atoms with E-state index in [9.17, 15) is 9.59 Å². The first-order valence-electron chi connectivity index (χ1n) is 6.32. The number of aromatic nitrogens is 4. The third-order valence-electron chi connectivity index (χ3n) is 2.60. The van der Waals surface area contributed by atoms with Crippen LogP contribution in [-0.2, 0) is 22.4 Å². The average Bonchev–Trinajstić information content (AvgIpc) is 3.12. The first-order chi connectivity index (χ1) is 10.4. The number of imidazole rings is 2. The Bertz CT molecular complexity index is 522. The van der Waals surface area contributed by atoms with Crippen molar-refractivity contribution >= 4 is 24.3 Å². The van der Waals surface area contributed by atoms with Crippen molar-refractivity contribution in [3.8, 4) is 0 Å². The molecule has 0 aliphatic carbocycles. The number of hydrogen-bond acceptors (Lipinski definition) is 6. The largest absolute Gasteiger partial charge is 0.480 e. The van der Waals surface area contributed by atoms with Crippen LogP contribution < -0.4 is 11.5 Å². The molecule has 2 aromatic heterocycles. The van der Waals surface area contributed by atoms with E-state index in [1.165, 1.54) is 12.7 Å². The minimum Gasteiger partial charge on any atom is -0.480 e. The van der Waals surface area contributed by atoms with Crippen LogP contribution in [-0.4, -0.2) is 54.2 Å². The van der Waals surface area contributed by atoms with Gasteiger partial charge in [-0.25, -0.2) is 9.97 Å². The summed E-state index contributed by atoms with van der Waals surface area (Å²) in [7, 11) is 0. The van der Waals surface area contributed by atoms with Crippen LogP contribution in [0.5, 0.6) is 0 Å². The maximum absolute atomic E-state index is 10.3. The summed E-state index contributed by atoms with van der Waals surface area (Å²) in [6.07, 6.45) is 6.76. The Kier molecular flexibility index (Phi) is 9.23. The van der Waals surface area contributed by atoms with Crippen molar-refractivity contribution in [1.29, 1.82) is 0 Å². The zero-order valence-electron chi connectivity index (χ0n) is 12.0. The fraction of sp³-hybridized carbons (Fsp3) is 0.333. The summed E-state index contributed by atoms with van der Waals surface area (Å²) in [4.78, 5) is 33.6. The third kappa shape index (κ3) is 7.95. The van der Waals surface area contributed by atoms with Crippen molar-refractivity contribution in [3.05, 3.63) is 36.4 Å².